The van der Waals surface area contributed by atoms with Gasteiger partial charge in [-0.05, 0) is 43.7 Å². The lowest BCUT2D eigenvalue weighted by molar-refractivity contribution is -0.385. The summed E-state index contributed by atoms with van der Waals surface area (Å²) in [5.74, 6) is 0.743. The van der Waals surface area contributed by atoms with Crippen molar-refractivity contribution in [1.82, 2.24) is 4.90 Å². The lowest BCUT2D eigenvalue weighted by Crippen LogP contribution is -2.56. The van der Waals surface area contributed by atoms with Crippen molar-refractivity contribution < 1.29 is 9.72 Å². The summed E-state index contributed by atoms with van der Waals surface area (Å²) in [5.41, 5.74) is 0.808. The second kappa shape index (κ2) is 6.03. The summed E-state index contributed by atoms with van der Waals surface area (Å²) in [6.45, 7) is 1.64. The molecule has 3 fully saturated rings. The first-order valence-electron chi connectivity index (χ1n) is 8.83. The van der Waals surface area contributed by atoms with E-state index in [4.69, 9.17) is 0 Å². The summed E-state index contributed by atoms with van der Waals surface area (Å²) in [6.07, 6.45) is 4.71. The van der Waals surface area contributed by atoms with Crippen molar-refractivity contribution in [3.05, 3.63) is 33.9 Å². The predicted octanol–water partition coefficient (Wildman–Crippen LogP) is 2.45. The molecule has 2 atom stereocenters. The molecule has 1 aromatic rings. The molecule has 1 saturated carbocycles. The number of fused-ring (bicyclic) bond motifs is 1. The van der Waals surface area contributed by atoms with E-state index in [1.807, 2.05) is 6.07 Å². The van der Waals surface area contributed by atoms with Gasteiger partial charge in [0.05, 0.1) is 4.92 Å². The van der Waals surface area contributed by atoms with E-state index >= 15 is 0 Å². The number of nitro groups is 1. The Morgan fingerprint density at radius 1 is 1.24 bits per heavy atom. The van der Waals surface area contributed by atoms with Crippen LogP contribution in [0.1, 0.15) is 37.7 Å². The van der Waals surface area contributed by atoms with Gasteiger partial charge in [-0.15, -0.1) is 0 Å². The molecular weight excluding hydrogens is 320 g/mol. The van der Waals surface area contributed by atoms with Crippen LogP contribution < -0.4 is 4.90 Å². The zero-order chi connectivity index (χ0) is 17.6. The molecule has 4 rings (SSSR count). The highest BCUT2D eigenvalue weighted by atomic mass is 16.6. The van der Waals surface area contributed by atoms with Crippen LogP contribution in [0.15, 0.2) is 18.2 Å². The van der Waals surface area contributed by atoms with Gasteiger partial charge >= 0.3 is 0 Å². The van der Waals surface area contributed by atoms with Crippen LogP contribution in [0.25, 0.3) is 0 Å². The topological polar surface area (TPSA) is 90.5 Å². The van der Waals surface area contributed by atoms with Crippen molar-refractivity contribution in [2.75, 3.05) is 18.0 Å². The highest BCUT2D eigenvalue weighted by Crippen LogP contribution is 2.40. The highest BCUT2D eigenvalue weighted by Gasteiger charge is 2.45. The number of hydrogen-bond acceptors (Lipinski definition) is 5. The molecule has 7 heteroatoms. The summed E-state index contributed by atoms with van der Waals surface area (Å²) in [6, 6.07) is 7.48. The standard InChI is InChI=1S/C18H20N4O3/c19-10-13-9-15(4-5-17(13)22(24)25)20-8-7-16-12(11-20)1-6-18(23)21(16)14-2-3-14/h4-5,9,12,14,16H,1-3,6-8,11H2/t12-,16-/m0/s1. The first kappa shape index (κ1) is 15.9. The molecule has 3 aliphatic rings. The molecule has 1 aromatic carbocycles. The van der Waals surface area contributed by atoms with Gasteiger partial charge in [0.1, 0.15) is 11.6 Å². The Bertz CT molecular complexity index is 768. The number of benzene rings is 1. The third kappa shape index (κ3) is 2.82. The van der Waals surface area contributed by atoms with Crippen molar-refractivity contribution in [2.24, 2.45) is 5.92 Å². The van der Waals surface area contributed by atoms with Gasteiger partial charge < -0.3 is 9.80 Å². The molecule has 1 amide bonds. The molecule has 2 heterocycles. The predicted molar refractivity (Wildman–Crippen MR) is 91.0 cm³/mol. The van der Waals surface area contributed by atoms with Gasteiger partial charge in [-0.2, -0.15) is 5.26 Å². The van der Waals surface area contributed by atoms with Gasteiger partial charge in [0.25, 0.3) is 5.69 Å². The van der Waals surface area contributed by atoms with Gasteiger partial charge in [-0.3, -0.25) is 14.9 Å². The molecule has 0 N–H and O–H groups in total. The maximum Gasteiger partial charge on any atom is 0.287 e. The first-order valence-corrected chi connectivity index (χ1v) is 8.83. The van der Waals surface area contributed by atoms with Crippen LogP contribution in [0.2, 0.25) is 0 Å². The molecule has 0 spiro atoms. The molecule has 25 heavy (non-hydrogen) atoms. The third-order valence-electron chi connectivity index (χ3n) is 5.67. The summed E-state index contributed by atoms with van der Waals surface area (Å²) in [7, 11) is 0. The lowest BCUT2D eigenvalue weighted by atomic mass is 9.83. The van der Waals surface area contributed by atoms with Crippen LogP contribution in [-0.2, 0) is 4.79 Å². The van der Waals surface area contributed by atoms with E-state index in [0.717, 1.165) is 44.5 Å². The fraction of sp³-hybridized carbons (Fsp3) is 0.556. The number of nitrogens with zero attached hydrogens (tertiary/aromatic N) is 4. The SMILES string of the molecule is N#Cc1cc(N2CC[C@H]3[C@@H](CCC(=O)N3C3CC3)C2)ccc1[N+](=O)[O-]. The quantitative estimate of drug-likeness (QED) is 0.623. The molecule has 2 saturated heterocycles. The minimum atomic E-state index is -0.519. The van der Waals surface area contributed by atoms with Crippen molar-refractivity contribution in [3.63, 3.8) is 0 Å². The Hall–Kier alpha value is -2.62. The molecule has 130 valence electrons. The van der Waals surface area contributed by atoms with Crippen LogP contribution >= 0.6 is 0 Å². The zero-order valence-electron chi connectivity index (χ0n) is 13.9. The maximum absolute atomic E-state index is 12.3. The molecule has 1 aliphatic carbocycles. The number of hydrogen-bond donors (Lipinski definition) is 0. The van der Waals surface area contributed by atoms with Crippen molar-refractivity contribution in [1.29, 1.82) is 5.26 Å². The number of carbonyl (C=O) groups is 1. The summed E-state index contributed by atoms with van der Waals surface area (Å²) >= 11 is 0. The van der Waals surface area contributed by atoms with Gasteiger partial charge in [0.15, 0.2) is 0 Å². The Morgan fingerprint density at radius 3 is 2.72 bits per heavy atom. The van der Waals surface area contributed by atoms with E-state index in [-0.39, 0.29) is 11.3 Å². The van der Waals surface area contributed by atoms with Crippen molar-refractivity contribution in [2.45, 2.75) is 44.2 Å². The van der Waals surface area contributed by atoms with E-state index in [0.29, 0.717) is 30.3 Å². The Labute approximate surface area is 146 Å². The molecule has 7 nitrogen and oxygen atoms in total. The van der Waals surface area contributed by atoms with E-state index in [1.54, 1.807) is 12.1 Å². The number of piperidine rings is 2. The molecular formula is C18H20N4O3. The second-order valence-corrected chi connectivity index (χ2v) is 7.20. The fourth-order valence-electron chi connectivity index (χ4n) is 4.32. The van der Waals surface area contributed by atoms with Crippen molar-refractivity contribution in [3.8, 4) is 6.07 Å². The van der Waals surface area contributed by atoms with Crippen molar-refractivity contribution >= 4 is 17.3 Å². The smallest absolute Gasteiger partial charge is 0.287 e. The Morgan fingerprint density at radius 2 is 2.04 bits per heavy atom. The number of nitriles is 1. The molecule has 0 aromatic heterocycles. The normalized spacial score (nSPS) is 26.1. The largest absolute Gasteiger partial charge is 0.371 e. The Balaban J connectivity index is 1.54. The van der Waals surface area contributed by atoms with E-state index in [1.165, 1.54) is 6.07 Å². The summed E-state index contributed by atoms with van der Waals surface area (Å²) in [4.78, 5) is 27.1. The van der Waals surface area contributed by atoms with E-state index < -0.39 is 4.92 Å². The number of nitro benzene ring substituents is 1. The fourth-order valence-corrected chi connectivity index (χ4v) is 4.32. The van der Waals surface area contributed by atoms with Gasteiger partial charge in [-0.25, -0.2) is 0 Å². The first-order chi connectivity index (χ1) is 12.1. The van der Waals surface area contributed by atoms with Gasteiger partial charge in [0, 0.05) is 43.3 Å². The van der Waals surface area contributed by atoms with E-state index in [2.05, 4.69) is 9.80 Å². The average molecular weight is 340 g/mol. The molecule has 0 radical (unpaired) electrons. The molecule has 0 unspecified atom stereocenters. The average Bonchev–Trinajstić information content (AvgIpc) is 3.45. The number of rotatable bonds is 3. The number of carbonyl (C=O) groups excluding carboxylic acids is 1. The van der Waals surface area contributed by atoms with Crippen LogP contribution in [0, 0.1) is 27.4 Å². The maximum atomic E-state index is 12.3. The number of likely N-dealkylation sites (tertiary alicyclic amines) is 1. The number of anilines is 1. The van der Waals surface area contributed by atoms with Gasteiger partial charge in [0.2, 0.25) is 5.91 Å². The summed E-state index contributed by atoms with van der Waals surface area (Å²) < 4.78 is 0. The zero-order valence-corrected chi connectivity index (χ0v) is 13.9. The monoisotopic (exact) mass is 340 g/mol. The van der Waals surface area contributed by atoms with Crippen LogP contribution in [-0.4, -0.2) is 40.9 Å². The Kier molecular flexibility index (Phi) is 3.83. The van der Waals surface area contributed by atoms with Crippen LogP contribution in [0.4, 0.5) is 11.4 Å². The lowest BCUT2D eigenvalue weighted by Gasteiger charge is -2.48. The summed E-state index contributed by atoms with van der Waals surface area (Å²) in [5, 5.41) is 20.2. The second-order valence-electron chi connectivity index (χ2n) is 7.20. The minimum absolute atomic E-state index is 0.100. The van der Waals surface area contributed by atoms with Crippen LogP contribution in [0.5, 0.6) is 0 Å². The van der Waals surface area contributed by atoms with E-state index in [9.17, 15) is 20.2 Å². The molecule has 2 aliphatic heterocycles. The highest BCUT2D eigenvalue weighted by molar-refractivity contribution is 5.78. The molecule has 0 bridgehead atoms. The number of amides is 1. The third-order valence-corrected chi connectivity index (χ3v) is 5.67. The van der Waals surface area contributed by atoms with Crippen LogP contribution in [0.3, 0.4) is 0 Å². The van der Waals surface area contributed by atoms with Gasteiger partial charge in [-0.1, -0.05) is 0 Å². The minimum Gasteiger partial charge on any atom is -0.371 e.